The number of para-hydroxylation sites is 2. The van der Waals surface area contributed by atoms with Gasteiger partial charge in [0.15, 0.2) is 5.57 Å². The van der Waals surface area contributed by atoms with Gasteiger partial charge < -0.3 is 25.6 Å². The Labute approximate surface area is 235 Å². The molecule has 0 aliphatic carbocycles. The molecule has 0 spiro atoms. The van der Waals surface area contributed by atoms with Crippen LogP contribution in [0.3, 0.4) is 0 Å². The van der Waals surface area contributed by atoms with Gasteiger partial charge in [0, 0.05) is 12.7 Å². The van der Waals surface area contributed by atoms with Crippen LogP contribution in [0.1, 0.15) is 6.92 Å². The van der Waals surface area contributed by atoms with Crippen molar-refractivity contribution < 1.29 is 27.5 Å². The summed E-state index contributed by atoms with van der Waals surface area (Å²) in [4.78, 5) is 44.0. The number of thiazole rings is 1. The van der Waals surface area contributed by atoms with Crippen molar-refractivity contribution in [3.63, 3.8) is 0 Å². The van der Waals surface area contributed by atoms with Crippen LogP contribution < -0.4 is 40.3 Å². The second kappa shape index (κ2) is 12.6. The van der Waals surface area contributed by atoms with E-state index in [2.05, 4.69) is 15.6 Å². The zero-order valence-corrected chi connectivity index (χ0v) is 22.4. The predicted octanol–water partition coefficient (Wildman–Crippen LogP) is 1.37. The number of hydrogen-bond donors (Lipinski definition) is 3. The summed E-state index contributed by atoms with van der Waals surface area (Å²) >= 11 is 0.771. The lowest BCUT2D eigenvalue weighted by atomic mass is 10.2. The fourth-order valence-corrected chi connectivity index (χ4v) is 5.01. The molecule has 0 atom stereocenters. The number of rotatable bonds is 8. The monoisotopic (exact) mass is 587 g/mol. The van der Waals surface area contributed by atoms with E-state index >= 15 is 0 Å². The fraction of sp³-hybridized carbons (Fsp3) is 0.269. The molecule has 41 heavy (non-hydrogen) atoms. The second-order valence-corrected chi connectivity index (χ2v) is 9.62. The molecule has 11 nitrogen and oxygen atoms in total. The highest BCUT2D eigenvalue weighted by Crippen LogP contribution is 2.30. The Morgan fingerprint density at radius 3 is 2.68 bits per heavy atom. The van der Waals surface area contributed by atoms with Crippen LogP contribution in [0.15, 0.2) is 47.3 Å². The van der Waals surface area contributed by atoms with Crippen LogP contribution in [-0.4, -0.2) is 53.8 Å². The molecular formula is C26H24F3N7O4S. The van der Waals surface area contributed by atoms with E-state index < -0.39 is 29.8 Å². The van der Waals surface area contributed by atoms with Gasteiger partial charge in [-0.1, -0.05) is 18.2 Å². The number of fused-ring (bicyclic) bond motifs is 1. The molecule has 0 fully saturated rings. The molecule has 2 aromatic heterocycles. The molecule has 214 valence electrons. The van der Waals surface area contributed by atoms with Crippen LogP contribution in [-0.2, 0) is 16.1 Å². The summed E-state index contributed by atoms with van der Waals surface area (Å²) in [5.74, 6) is -0.295. The average Bonchev–Trinajstić information content (AvgIpc) is 3.25. The number of nitrogens with one attached hydrogen (secondary N) is 3. The Morgan fingerprint density at radius 1 is 1.20 bits per heavy atom. The van der Waals surface area contributed by atoms with Gasteiger partial charge in [-0.15, -0.1) is 11.3 Å². The quantitative estimate of drug-likeness (QED) is 0.359. The second-order valence-electron chi connectivity index (χ2n) is 8.59. The highest BCUT2D eigenvalue weighted by atomic mass is 32.1. The van der Waals surface area contributed by atoms with E-state index in [4.69, 9.17) is 4.74 Å². The van der Waals surface area contributed by atoms with Crippen LogP contribution in [0.25, 0.3) is 11.8 Å². The van der Waals surface area contributed by atoms with E-state index in [0.717, 1.165) is 21.6 Å². The summed E-state index contributed by atoms with van der Waals surface area (Å²) in [6.07, 6.45) is -3.35. The highest BCUT2D eigenvalue weighted by molar-refractivity contribution is 7.07. The number of hydrogen-bond acceptors (Lipinski definition) is 9. The van der Waals surface area contributed by atoms with Crippen LogP contribution >= 0.6 is 11.3 Å². The first kappa shape index (κ1) is 29.2. The van der Waals surface area contributed by atoms with Crippen molar-refractivity contribution in [3.05, 3.63) is 62.0 Å². The van der Waals surface area contributed by atoms with Gasteiger partial charge in [0.25, 0.3) is 11.5 Å². The number of carbonyl (C=O) groups excluding carboxylic acids is 2. The van der Waals surface area contributed by atoms with Crippen molar-refractivity contribution in [2.45, 2.75) is 19.6 Å². The Hall–Kier alpha value is -4.84. The third-order valence-corrected chi connectivity index (χ3v) is 6.88. The number of halogens is 3. The van der Waals surface area contributed by atoms with Crippen molar-refractivity contribution in [1.82, 2.24) is 14.9 Å². The number of carbonyl (C=O) groups is 2. The normalized spacial score (nSPS) is 13.9. The van der Waals surface area contributed by atoms with Gasteiger partial charge in [-0.05, 0) is 31.2 Å². The van der Waals surface area contributed by atoms with Crippen LogP contribution in [0.2, 0.25) is 0 Å². The first-order valence-electron chi connectivity index (χ1n) is 12.3. The predicted molar refractivity (Wildman–Crippen MR) is 147 cm³/mol. The van der Waals surface area contributed by atoms with Gasteiger partial charge in [-0.25, -0.2) is 4.98 Å². The summed E-state index contributed by atoms with van der Waals surface area (Å²) < 4.78 is 44.3. The largest absolute Gasteiger partial charge is 0.490 e. The molecule has 1 aliphatic heterocycles. The fourth-order valence-electron chi connectivity index (χ4n) is 3.93. The van der Waals surface area contributed by atoms with Crippen LogP contribution in [0.4, 0.5) is 30.5 Å². The first-order valence-corrected chi connectivity index (χ1v) is 13.1. The molecule has 0 bridgehead atoms. The van der Waals surface area contributed by atoms with E-state index in [0.29, 0.717) is 18.9 Å². The lowest BCUT2D eigenvalue weighted by molar-refractivity contribution is -0.135. The minimum absolute atomic E-state index is 0.0730. The van der Waals surface area contributed by atoms with Gasteiger partial charge >= 0.3 is 6.18 Å². The summed E-state index contributed by atoms with van der Waals surface area (Å²) in [5.41, 5.74) is -0.343. The SMILES string of the molecule is CCn1c(=C(C#N)C(=O)NCC(F)(F)F)sc(=CNc2cccc(NC(=O)CN3CCOc4ccccc43)n2)c1=O. The first-order chi connectivity index (χ1) is 19.6. The summed E-state index contributed by atoms with van der Waals surface area (Å²) in [7, 11) is 0. The number of pyridine rings is 1. The molecule has 0 saturated heterocycles. The summed E-state index contributed by atoms with van der Waals surface area (Å²) in [5, 5.41) is 16.7. The van der Waals surface area contributed by atoms with Gasteiger partial charge in [0.1, 0.15) is 45.8 Å². The van der Waals surface area contributed by atoms with Gasteiger partial charge in [0.05, 0.1) is 18.8 Å². The van der Waals surface area contributed by atoms with Crippen LogP contribution in [0, 0.1) is 11.3 Å². The van der Waals surface area contributed by atoms with Gasteiger partial charge in [0.2, 0.25) is 5.91 Å². The van der Waals surface area contributed by atoms with Crippen molar-refractivity contribution in [2.24, 2.45) is 0 Å². The zero-order chi connectivity index (χ0) is 29.6. The number of anilines is 3. The molecule has 4 rings (SSSR count). The van der Waals surface area contributed by atoms with Crippen molar-refractivity contribution in [2.75, 3.05) is 41.8 Å². The third-order valence-electron chi connectivity index (χ3n) is 5.75. The number of ether oxygens (including phenoxy) is 1. The standard InChI is InChI=1S/C26H24F3N7O4S/c1-2-36-24(39)19(41-25(36)16(12-30)23(38)32-15-26(27,28)29)13-31-20-8-5-9-21(33-20)34-22(37)14-35-10-11-40-18-7-4-3-6-17(18)35/h3-9,13H,2,10-11,14-15H2,1H3,(H,32,38)(H2,31,33,34,37). The topological polar surface area (TPSA) is 141 Å². The molecule has 3 N–H and O–H groups in total. The number of amides is 2. The average molecular weight is 588 g/mol. The number of benzene rings is 1. The summed E-state index contributed by atoms with van der Waals surface area (Å²) in [6.45, 7) is 1.13. The third kappa shape index (κ3) is 7.22. The van der Waals surface area contributed by atoms with E-state index in [1.807, 2.05) is 29.2 Å². The maximum absolute atomic E-state index is 12.9. The molecule has 3 aromatic rings. The van der Waals surface area contributed by atoms with Crippen molar-refractivity contribution >= 4 is 52.2 Å². The highest BCUT2D eigenvalue weighted by Gasteiger charge is 2.29. The Bertz CT molecular complexity index is 1680. The van der Waals surface area contributed by atoms with Gasteiger partial charge in [-0.2, -0.15) is 18.4 Å². The number of nitriles is 1. The molecule has 3 heterocycles. The molecule has 2 amide bonds. The maximum atomic E-state index is 12.9. The number of nitrogens with zero attached hydrogens (tertiary/aromatic N) is 4. The molecular weight excluding hydrogens is 563 g/mol. The Balaban J connectivity index is 1.51. The molecule has 0 saturated carbocycles. The van der Waals surface area contributed by atoms with E-state index in [-0.39, 0.29) is 39.8 Å². The van der Waals surface area contributed by atoms with Crippen molar-refractivity contribution in [1.29, 1.82) is 5.26 Å². The molecule has 0 radical (unpaired) electrons. The van der Waals surface area contributed by atoms with Crippen LogP contribution in [0.5, 0.6) is 5.75 Å². The van der Waals surface area contributed by atoms with E-state index in [1.165, 1.54) is 6.20 Å². The van der Waals surface area contributed by atoms with E-state index in [9.17, 15) is 32.8 Å². The Kier molecular flexibility index (Phi) is 8.93. The lowest BCUT2D eigenvalue weighted by Crippen LogP contribution is -2.38. The van der Waals surface area contributed by atoms with Gasteiger partial charge in [-0.3, -0.25) is 19.0 Å². The smallest absolute Gasteiger partial charge is 0.405 e. The molecule has 1 aliphatic rings. The minimum atomic E-state index is -4.66. The lowest BCUT2D eigenvalue weighted by Gasteiger charge is -2.30. The molecule has 15 heteroatoms. The molecule has 1 aromatic carbocycles. The van der Waals surface area contributed by atoms with E-state index in [1.54, 1.807) is 36.5 Å². The minimum Gasteiger partial charge on any atom is -0.490 e. The maximum Gasteiger partial charge on any atom is 0.405 e. The zero-order valence-electron chi connectivity index (χ0n) is 21.6. The van der Waals surface area contributed by atoms with Crippen molar-refractivity contribution in [3.8, 4) is 11.8 Å². The number of aromatic nitrogens is 2. The summed E-state index contributed by atoms with van der Waals surface area (Å²) in [6, 6.07) is 13.8. The molecule has 0 unspecified atom stereocenters. The Morgan fingerprint density at radius 2 is 1.95 bits per heavy atom. The number of alkyl halides is 3.